The lowest BCUT2D eigenvalue weighted by Gasteiger charge is -2.35. The van der Waals surface area contributed by atoms with E-state index in [0.29, 0.717) is 29.5 Å². The molecule has 0 saturated carbocycles. The molecule has 0 spiro atoms. The number of fused-ring (bicyclic) bond motifs is 1. The predicted octanol–water partition coefficient (Wildman–Crippen LogP) is 3.25. The summed E-state index contributed by atoms with van der Waals surface area (Å²) in [7, 11) is 0. The van der Waals surface area contributed by atoms with Crippen molar-refractivity contribution in [2.45, 2.75) is 18.5 Å². The van der Waals surface area contributed by atoms with E-state index in [0.717, 1.165) is 6.42 Å². The van der Waals surface area contributed by atoms with Crippen LogP contribution in [-0.2, 0) is 0 Å². The van der Waals surface area contributed by atoms with Gasteiger partial charge in [-0.05, 0) is 18.6 Å². The van der Waals surface area contributed by atoms with Crippen LogP contribution in [0.2, 0.25) is 10.0 Å². The summed E-state index contributed by atoms with van der Waals surface area (Å²) in [6.45, 7) is 1.07. The fourth-order valence-corrected chi connectivity index (χ4v) is 3.54. The summed E-state index contributed by atoms with van der Waals surface area (Å²) in [5.41, 5.74) is 0.410. The molecule has 2 aliphatic rings. The maximum atomic E-state index is 12.8. The van der Waals surface area contributed by atoms with Gasteiger partial charge in [-0.25, -0.2) is 9.99 Å². The topological polar surface area (TPSA) is 74.1 Å². The molecule has 1 aromatic heterocycles. The maximum absolute atomic E-state index is 12.8. The second-order valence-corrected chi connectivity index (χ2v) is 6.67. The van der Waals surface area contributed by atoms with E-state index < -0.39 is 0 Å². The third-order valence-electron chi connectivity index (χ3n) is 4.41. The minimum atomic E-state index is -0.140. The number of nitrogens with zero attached hydrogens (tertiary/aromatic N) is 6. The highest BCUT2D eigenvalue weighted by Gasteiger charge is 2.40. The van der Waals surface area contributed by atoms with Gasteiger partial charge in [-0.3, -0.25) is 9.78 Å². The largest absolute Gasteiger partial charge is 0.336 e. The number of piperidine rings is 1. The van der Waals surface area contributed by atoms with Gasteiger partial charge in [0.1, 0.15) is 6.04 Å². The normalized spacial score (nSPS) is 22.2. The van der Waals surface area contributed by atoms with Gasteiger partial charge in [-0.2, -0.15) is 5.11 Å². The summed E-state index contributed by atoms with van der Waals surface area (Å²) in [4.78, 5) is 22.9. The van der Waals surface area contributed by atoms with E-state index in [4.69, 9.17) is 23.2 Å². The van der Waals surface area contributed by atoms with Gasteiger partial charge in [0.2, 0.25) is 0 Å². The molecule has 2 aliphatic heterocycles. The maximum Gasteiger partial charge on any atom is 0.255 e. The quantitative estimate of drug-likeness (QED) is 0.805. The van der Waals surface area contributed by atoms with E-state index in [1.165, 1.54) is 0 Å². The lowest BCUT2D eigenvalue weighted by Crippen LogP contribution is -2.51. The second kappa shape index (κ2) is 6.57. The van der Waals surface area contributed by atoms with Crippen LogP contribution in [0.25, 0.3) is 0 Å². The summed E-state index contributed by atoms with van der Waals surface area (Å²) in [5, 5.41) is 11.0. The van der Waals surface area contributed by atoms with Crippen molar-refractivity contribution in [3.05, 3.63) is 52.4 Å². The highest BCUT2D eigenvalue weighted by molar-refractivity contribution is 6.43. The van der Waals surface area contributed by atoms with Crippen molar-refractivity contribution in [2.75, 3.05) is 18.1 Å². The Morgan fingerprint density at radius 3 is 2.92 bits per heavy atom. The smallest absolute Gasteiger partial charge is 0.255 e. The van der Waals surface area contributed by atoms with Crippen molar-refractivity contribution in [1.82, 2.24) is 14.9 Å². The zero-order chi connectivity index (χ0) is 17.4. The molecule has 0 radical (unpaired) electrons. The monoisotopic (exact) mass is 376 g/mol. The van der Waals surface area contributed by atoms with Gasteiger partial charge < -0.3 is 4.90 Å². The third kappa shape index (κ3) is 2.94. The first-order chi connectivity index (χ1) is 12.1. The molecule has 0 N–H and O–H groups in total. The van der Waals surface area contributed by atoms with Gasteiger partial charge >= 0.3 is 0 Å². The molecule has 1 aromatic carbocycles. The lowest BCUT2D eigenvalue weighted by molar-refractivity contribution is 0.0702. The van der Waals surface area contributed by atoms with Crippen LogP contribution in [-0.4, -0.2) is 45.9 Å². The molecule has 2 aromatic rings. The van der Waals surface area contributed by atoms with E-state index in [1.54, 1.807) is 46.7 Å². The Morgan fingerprint density at radius 1 is 1.24 bits per heavy atom. The Labute approximate surface area is 154 Å². The van der Waals surface area contributed by atoms with E-state index in [2.05, 4.69) is 20.3 Å². The Morgan fingerprint density at radius 2 is 2.12 bits per heavy atom. The molecular formula is C16H14Cl2N6O. The Hall–Kier alpha value is -2.25. The Kier molecular flexibility index (Phi) is 4.27. The highest BCUT2D eigenvalue weighted by atomic mass is 35.5. The number of halogens is 2. The van der Waals surface area contributed by atoms with Crippen LogP contribution in [0.1, 0.15) is 16.8 Å². The van der Waals surface area contributed by atoms with Crippen LogP contribution in [0.5, 0.6) is 0 Å². The van der Waals surface area contributed by atoms with Gasteiger partial charge in [0.15, 0.2) is 5.82 Å². The van der Waals surface area contributed by atoms with Crippen molar-refractivity contribution in [2.24, 2.45) is 10.3 Å². The standard InChI is InChI=1S/C16H14Cl2N6O/c17-11-3-1-2-10(15(11)18)16(25)23-7-4-13-12(9-23)21-22-24(13)14-8-19-5-6-20-14/h1-3,5-6,8,12-13H,4,7,9H2. The first-order valence-corrected chi connectivity index (χ1v) is 8.60. The fraction of sp³-hybridized carbons (Fsp3) is 0.312. The van der Waals surface area contributed by atoms with Crippen molar-refractivity contribution < 1.29 is 4.79 Å². The fourth-order valence-electron chi connectivity index (χ4n) is 3.16. The number of anilines is 1. The Balaban J connectivity index is 1.50. The molecule has 0 aliphatic carbocycles. The number of aromatic nitrogens is 2. The SMILES string of the molecule is O=C(c1cccc(Cl)c1Cl)N1CCC2C(C1)N=NN2c1cnccn1. The molecule has 4 rings (SSSR count). The van der Waals surface area contributed by atoms with E-state index in [9.17, 15) is 4.79 Å². The molecule has 25 heavy (non-hydrogen) atoms. The molecule has 2 unspecified atom stereocenters. The molecule has 1 fully saturated rings. The van der Waals surface area contributed by atoms with Crippen molar-refractivity contribution in [3.63, 3.8) is 0 Å². The average molecular weight is 377 g/mol. The highest BCUT2D eigenvalue weighted by Crippen LogP contribution is 2.31. The van der Waals surface area contributed by atoms with Gasteiger partial charge in [0, 0.05) is 25.5 Å². The van der Waals surface area contributed by atoms with Crippen molar-refractivity contribution in [1.29, 1.82) is 0 Å². The number of carbonyl (C=O) groups is 1. The third-order valence-corrected chi connectivity index (χ3v) is 5.23. The summed E-state index contributed by atoms with van der Waals surface area (Å²) in [6.07, 6.45) is 5.63. The molecule has 0 bridgehead atoms. The summed E-state index contributed by atoms with van der Waals surface area (Å²) in [5.74, 6) is 0.524. The molecule has 9 heteroatoms. The molecule has 1 amide bonds. The van der Waals surface area contributed by atoms with Crippen LogP contribution in [0, 0.1) is 0 Å². The number of amides is 1. The van der Waals surface area contributed by atoms with Gasteiger partial charge in [0.25, 0.3) is 5.91 Å². The summed E-state index contributed by atoms with van der Waals surface area (Å²) >= 11 is 12.2. The van der Waals surface area contributed by atoms with Crippen molar-refractivity contribution in [3.8, 4) is 0 Å². The van der Waals surface area contributed by atoms with Crippen LogP contribution in [0.4, 0.5) is 5.82 Å². The van der Waals surface area contributed by atoms with Gasteiger partial charge in [-0.1, -0.05) is 34.5 Å². The zero-order valence-electron chi connectivity index (χ0n) is 13.1. The molecule has 128 valence electrons. The lowest BCUT2D eigenvalue weighted by atomic mass is 9.99. The van der Waals surface area contributed by atoms with Crippen LogP contribution in [0.3, 0.4) is 0 Å². The molecule has 3 heterocycles. The molecule has 7 nitrogen and oxygen atoms in total. The molecular weight excluding hydrogens is 363 g/mol. The Bertz CT molecular complexity index is 831. The summed E-state index contributed by atoms with van der Waals surface area (Å²) < 4.78 is 0. The summed E-state index contributed by atoms with van der Waals surface area (Å²) in [6, 6.07) is 5.05. The second-order valence-electron chi connectivity index (χ2n) is 5.89. The van der Waals surface area contributed by atoms with Crippen LogP contribution in [0.15, 0.2) is 47.1 Å². The number of likely N-dealkylation sites (tertiary alicyclic amines) is 1. The number of hydrogen-bond acceptors (Lipinski definition) is 6. The van der Waals surface area contributed by atoms with Crippen LogP contribution >= 0.6 is 23.2 Å². The van der Waals surface area contributed by atoms with Gasteiger partial charge in [0.05, 0.1) is 27.8 Å². The minimum absolute atomic E-state index is 0.0792. The van der Waals surface area contributed by atoms with E-state index >= 15 is 0 Å². The van der Waals surface area contributed by atoms with Crippen molar-refractivity contribution >= 4 is 34.9 Å². The van der Waals surface area contributed by atoms with Crippen LogP contribution < -0.4 is 5.01 Å². The number of benzene rings is 1. The van der Waals surface area contributed by atoms with E-state index in [-0.39, 0.29) is 23.0 Å². The minimum Gasteiger partial charge on any atom is -0.336 e. The first-order valence-electron chi connectivity index (χ1n) is 7.84. The number of hydrogen-bond donors (Lipinski definition) is 0. The van der Waals surface area contributed by atoms with Gasteiger partial charge in [-0.15, -0.1) is 0 Å². The predicted molar refractivity (Wildman–Crippen MR) is 93.9 cm³/mol. The first kappa shape index (κ1) is 16.2. The number of carbonyl (C=O) groups excluding carboxylic acids is 1. The molecule has 2 atom stereocenters. The van der Waals surface area contributed by atoms with E-state index in [1.807, 2.05) is 0 Å². The average Bonchev–Trinajstić information content (AvgIpc) is 3.07. The zero-order valence-corrected chi connectivity index (χ0v) is 14.6. The molecule has 1 saturated heterocycles. The number of rotatable bonds is 2.